The zero-order valence-electron chi connectivity index (χ0n) is 13.6. The Balaban J connectivity index is 2.37. The molecule has 136 valence electrons. The molecule has 25 heavy (non-hydrogen) atoms. The zero-order valence-corrected chi connectivity index (χ0v) is 13.6. The molecule has 0 bridgehead atoms. The van der Waals surface area contributed by atoms with Gasteiger partial charge < -0.3 is 10.6 Å². The maximum atomic E-state index is 13.8. The van der Waals surface area contributed by atoms with Gasteiger partial charge in [-0.25, -0.2) is 9.07 Å². The molecule has 0 saturated heterocycles. The van der Waals surface area contributed by atoms with E-state index in [9.17, 15) is 22.4 Å². The molecular weight excluding hydrogens is 342 g/mol. The van der Waals surface area contributed by atoms with Crippen molar-refractivity contribution in [3.8, 4) is 5.69 Å². The van der Waals surface area contributed by atoms with E-state index in [-0.39, 0.29) is 17.3 Å². The number of aromatic nitrogens is 3. The summed E-state index contributed by atoms with van der Waals surface area (Å²) in [7, 11) is 0. The number of nitrogens with zero attached hydrogens (tertiary/aromatic N) is 3. The summed E-state index contributed by atoms with van der Waals surface area (Å²) < 4.78 is 54.4. The highest BCUT2D eigenvalue weighted by Crippen LogP contribution is 2.33. The molecule has 1 amide bonds. The second-order valence-electron chi connectivity index (χ2n) is 5.32. The molecule has 0 spiro atoms. The Labute approximate surface area is 141 Å². The molecule has 1 heterocycles. The predicted octanol–water partition coefficient (Wildman–Crippen LogP) is 2.15. The molecule has 0 aliphatic carbocycles. The Bertz CT molecular complexity index is 744. The predicted molar refractivity (Wildman–Crippen MR) is 81.8 cm³/mol. The lowest BCUT2D eigenvalue weighted by Crippen LogP contribution is -2.39. The quantitative estimate of drug-likeness (QED) is 0.776. The van der Waals surface area contributed by atoms with Crippen LogP contribution in [0, 0.1) is 5.82 Å². The highest BCUT2D eigenvalue weighted by atomic mass is 19.4. The van der Waals surface area contributed by atoms with Gasteiger partial charge >= 0.3 is 6.18 Å². The number of hydrogen-bond acceptors (Lipinski definition) is 4. The van der Waals surface area contributed by atoms with Crippen LogP contribution in [0.1, 0.15) is 30.0 Å². The zero-order chi connectivity index (χ0) is 18.6. The van der Waals surface area contributed by atoms with E-state index in [0.29, 0.717) is 6.54 Å². The van der Waals surface area contributed by atoms with Gasteiger partial charge in [0.2, 0.25) is 0 Å². The first-order valence-corrected chi connectivity index (χ1v) is 7.55. The normalized spacial score (nSPS) is 12.9. The monoisotopic (exact) mass is 359 g/mol. The molecule has 1 atom stereocenters. The van der Waals surface area contributed by atoms with E-state index in [4.69, 9.17) is 0 Å². The van der Waals surface area contributed by atoms with Crippen LogP contribution >= 0.6 is 0 Å². The first kappa shape index (κ1) is 18.8. The number of rotatable bonds is 6. The largest absolute Gasteiger partial charge is 0.435 e. The number of amides is 1. The Morgan fingerprint density at radius 1 is 1.32 bits per heavy atom. The maximum absolute atomic E-state index is 13.8. The summed E-state index contributed by atoms with van der Waals surface area (Å²) in [5.41, 5.74) is -2.77. The van der Waals surface area contributed by atoms with Gasteiger partial charge in [-0.3, -0.25) is 4.79 Å². The molecule has 0 aliphatic rings. The van der Waals surface area contributed by atoms with Crippen molar-refractivity contribution in [2.24, 2.45) is 0 Å². The van der Waals surface area contributed by atoms with Gasteiger partial charge in [0, 0.05) is 12.6 Å². The minimum absolute atomic E-state index is 0.108. The Morgan fingerprint density at radius 2 is 2.00 bits per heavy atom. The minimum Gasteiger partial charge on any atom is -0.349 e. The highest BCUT2D eigenvalue weighted by molar-refractivity contribution is 5.93. The minimum atomic E-state index is -4.94. The van der Waals surface area contributed by atoms with Gasteiger partial charge in [-0.2, -0.15) is 13.2 Å². The van der Waals surface area contributed by atoms with Gasteiger partial charge in [0.1, 0.15) is 11.5 Å². The molecule has 1 aromatic carbocycles. The van der Waals surface area contributed by atoms with Crippen LogP contribution in [0.5, 0.6) is 0 Å². The van der Waals surface area contributed by atoms with Crippen molar-refractivity contribution in [2.75, 3.05) is 13.1 Å². The summed E-state index contributed by atoms with van der Waals surface area (Å²) in [6.45, 7) is 4.38. The average Bonchev–Trinajstić information content (AvgIpc) is 2.98. The molecular formula is C15H17F4N5O. The molecule has 1 aromatic heterocycles. The van der Waals surface area contributed by atoms with Gasteiger partial charge in [0.25, 0.3) is 5.91 Å². The third-order valence-corrected chi connectivity index (χ3v) is 3.36. The van der Waals surface area contributed by atoms with Gasteiger partial charge in [0.15, 0.2) is 11.4 Å². The van der Waals surface area contributed by atoms with Crippen molar-refractivity contribution in [1.29, 1.82) is 0 Å². The SMILES string of the molecule is CCN[C@H](C)CNC(=O)c1nnn(-c2ccccc2F)c1C(F)(F)F. The third-order valence-electron chi connectivity index (χ3n) is 3.36. The lowest BCUT2D eigenvalue weighted by Gasteiger charge is -2.14. The molecule has 10 heteroatoms. The first-order chi connectivity index (χ1) is 11.8. The number of para-hydroxylation sites is 1. The Kier molecular flexibility index (Phi) is 5.73. The van der Waals surface area contributed by atoms with Crippen LogP contribution in [0.3, 0.4) is 0 Å². The molecule has 2 aromatic rings. The third kappa shape index (κ3) is 4.32. The molecule has 2 N–H and O–H groups in total. The highest BCUT2D eigenvalue weighted by Gasteiger charge is 2.42. The fraction of sp³-hybridized carbons (Fsp3) is 0.400. The number of likely N-dealkylation sites (N-methyl/N-ethyl adjacent to an activating group) is 1. The fourth-order valence-corrected chi connectivity index (χ4v) is 2.23. The summed E-state index contributed by atoms with van der Waals surface area (Å²) in [6.07, 6.45) is -4.94. The van der Waals surface area contributed by atoms with Gasteiger partial charge in [-0.15, -0.1) is 5.10 Å². The van der Waals surface area contributed by atoms with Crippen molar-refractivity contribution in [2.45, 2.75) is 26.1 Å². The van der Waals surface area contributed by atoms with E-state index in [2.05, 4.69) is 20.9 Å². The van der Waals surface area contributed by atoms with Crippen molar-refractivity contribution in [3.63, 3.8) is 0 Å². The van der Waals surface area contributed by atoms with Gasteiger partial charge in [-0.05, 0) is 25.6 Å². The number of hydrogen-bond donors (Lipinski definition) is 2. The summed E-state index contributed by atoms with van der Waals surface area (Å²) >= 11 is 0. The standard InChI is InChI=1S/C15H17F4N5O/c1-3-20-9(2)8-21-14(25)12-13(15(17,18)19)24(23-22-12)11-7-5-4-6-10(11)16/h4-7,9,20H,3,8H2,1-2H3,(H,21,25)/t9-/m1/s1. The lowest BCUT2D eigenvalue weighted by molar-refractivity contribution is -0.143. The van der Waals surface area contributed by atoms with Crippen LogP contribution in [0.15, 0.2) is 24.3 Å². The smallest absolute Gasteiger partial charge is 0.349 e. The Hall–Kier alpha value is -2.49. The van der Waals surface area contributed by atoms with Crippen molar-refractivity contribution in [3.05, 3.63) is 41.5 Å². The van der Waals surface area contributed by atoms with E-state index in [1.807, 2.05) is 6.92 Å². The van der Waals surface area contributed by atoms with Crippen molar-refractivity contribution < 1.29 is 22.4 Å². The molecule has 0 radical (unpaired) electrons. The van der Waals surface area contributed by atoms with Crippen LogP contribution in [-0.4, -0.2) is 40.0 Å². The van der Waals surface area contributed by atoms with E-state index in [0.717, 1.165) is 12.1 Å². The van der Waals surface area contributed by atoms with Crippen LogP contribution in [-0.2, 0) is 6.18 Å². The number of nitrogens with one attached hydrogen (secondary N) is 2. The van der Waals surface area contributed by atoms with E-state index in [1.54, 1.807) is 6.92 Å². The molecule has 0 fully saturated rings. The van der Waals surface area contributed by atoms with E-state index >= 15 is 0 Å². The number of carbonyl (C=O) groups excluding carboxylic acids is 1. The lowest BCUT2D eigenvalue weighted by atomic mass is 10.2. The molecule has 0 unspecified atom stereocenters. The first-order valence-electron chi connectivity index (χ1n) is 7.55. The molecule has 0 saturated carbocycles. The van der Waals surface area contributed by atoms with E-state index < -0.39 is 35.0 Å². The summed E-state index contributed by atoms with van der Waals surface area (Å²) in [5.74, 6) is -1.94. The van der Waals surface area contributed by atoms with Gasteiger partial charge in [0.05, 0.1) is 0 Å². The fourth-order valence-electron chi connectivity index (χ4n) is 2.23. The van der Waals surface area contributed by atoms with Crippen molar-refractivity contribution in [1.82, 2.24) is 25.6 Å². The second-order valence-corrected chi connectivity index (χ2v) is 5.32. The number of alkyl halides is 3. The van der Waals surface area contributed by atoms with Crippen LogP contribution in [0.2, 0.25) is 0 Å². The van der Waals surface area contributed by atoms with E-state index in [1.165, 1.54) is 12.1 Å². The topological polar surface area (TPSA) is 71.8 Å². The van der Waals surface area contributed by atoms with Crippen LogP contribution in [0.4, 0.5) is 17.6 Å². The second kappa shape index (κ2) is 7.60. The maximum Gasteiger partial charge on any atom is 0.435 e. The summed E-state index contributed by atoms with van der Waals surface area (Å²) in [6, 6.07) is 4.67. The number of carbonyl (C=O) groups is 1. The molecule has 0 aliphatic heterocycles. The number of benzene rings is 1. The average molecular weight is 359 g/mol. The molecule has 2 rings (SSSR count). The van der Waals surface area contributed by atoms with Crippen molar-refractivity contribution >= 4 is 5.91 Å². The molecule has 6 nitrogen and oxygen atoms in total. The Morgan fingerprint density at radius 3 is 2.60 bits per heavy atom. The van der Waals surface area contributed by atoms with Crippen LogP contribution < -0.4 is 10.6 Å². The van der Waals surface area contributed by atoms with Gasteiger partial charge in [-0.1, -0.05) is 24.3 Å². The summed E-state index contributed by atoms with van der Waals surface area (Å²) in [5, 5.41) is 12.0. The number of halogens is 4. The summed E-state index contributed by atoms with van der Waals surface area (Å²) in [4.78, 5) is 12.1. The van der Waals surface area contributed by atoms with Crippen LogP contribution in [0.25, 0.3) is 5.69 Å².